The van der Waals surface area contributed by atoms with Crippen LogP contribution in [0.1, 0.15) is 34.1 Å². The first kappa shape index (κ1) is 11.7. The van der Waals surface area contributed by atoms with Crippen molar-refractivity contribution in [1.29, 1.82) is 0 Å². The SMILES string of the molecule is C=CC(C)N(C)CCC(C)(C)C. The van der Waals surface area contributed by atoms with Crippen molar-refractivity contribution in [2.75, 3.05) is 13.6 Å². The van der Waals surface area contributed by atoms with Gasteiger partial charge in [-0.25, -0.2) is 0 Å². The first-order valence-corrected chi connectivity index (χ1v) is 4.69. The van der Waals surface area contributed by atoms with E-state index < -0.39 is 0 Å². The van der Waals surface area contributed by atoms with Crippen molar-refractivity contribution >= 4 is 0 Å². The van der Waals surface area contributed by atoms with Gasteiger partial charge in [0.05, 0.1) is 0 Å². The lowest BCUT2D eigenvalue weighted by Gasteiger charge is -2.26. The fourth-order valence-corrected chi connectivity index (χ4v) is 0.895. The van der Waals surface area contributed by atoms with E-state index in [4.69, 9.17) is 0 Å². The summed E-state index contributed by atoms with van der Waals surface area (Å²) >= 11 is 0. The Morgan fingerprint density at radius 3 is 2.25 bits per heavy atom. The second-order valence-electron chi connectivity index (χ2n) is 4.77. The van der Waals surface area contributed by atoms with Crippen LogP contribution in [0.4, 0.5) is 0 Å². The number of hydrogen-bond donors (Lipinski definition) is 0. The molecule has 0 radical (unpaired) electrons. The molecule has 0 aromatic heterocycles. The van der Waals surface area contributed by atoms with Crippen molar-refractivity contribution in [3.8, 4) is 0 Å². The third-order valence-electron chi connectivity index (χ3n) is 2.25. The monoisotopic (exact) mass is 169 g/mol. The van der Waals surface area contributed by atoms with E-state index in [2.05, 4.69) is 46.2 Å². The minimum atomic E-state index is 0.440. The van der Waals surface area contributed by atoms with Crippen LogP contribution in [0.15, 0.2) is 12.7 Å². The highest BCUT2D eigenvalue weighted by Gasteiger charge is 2.12. The summed E-state index contributed by atoms with van der Waals surface area (Å²) in [6, 6.07) is 0.493. The zero-order valence-electron chi connectivity index (χ0n) is 9.22. The van der Waals surface area contributed by atoms with E-state index in [9.17, 15) is 0 Å². The van der Waals surface area contributed by atoms with E-state index in [1.165, 1.54) is 6.42 Å². The van der Waals surface area contributed by atoms with Gasteiger partial charge in [0.25, 0.3) is 0 Å². The zero-order chi connectivity index (χ0) is 9.78. The molecule has 0 aromatic carbocycles. The Hall–Kier alpha value is -0.300. The van der Waals surface area contributed by atoms with Crippen LogP contribution in [-0.4, -0.2) is 24.5 Å². The van der Waals surface area contributed by atoms with E-state index in [0.717, 1.165) is 6.54 Å². The van der Waals surface area contributed by atoms with Gasteiger partial charge >= 0.3 is 0 Å². The molecule has 0 aliphatic carbocycles. The molecule has 1 unspecified atom stereocenters. The van der Waals surface area contributed by atoms with Crippen molar-refractivity contribution in [3.63, 3.8) is 0 Å². The molecule has 0 aliphatic rings. The topological polar surface area (TPSA) is 3.24 Å². The zero-order valence-corrected chi connectivity index (χ0v) is 9.22. The average molecular weight is 169 g/mol. The summed E-state index contributed by atoms with van der Waals surface area (Å²) in [5.74, 6) is 0. The molecular formula is C11H23N. The standard InChI is InChI=1S/C11H23N/c1-7-10(2)12(6)9-8-11(3,4)5/h7,10H,1,8-9H2,2-6H3. The van der Waals surface area contributed by atoms with Gasteiger partial charge < -0.3 is 4.90 Å². The lowest BCUT2D eigenvalue weighted by Crippen LogP contribution is -2.30. The Bertz CT molecular complexity index is 132. The molecule has 1 atom stereocenters. The van der Waals surface area contributed by atoms with Crippen LogP contribution in [0.5, 0.6) is 0 Å². The fourth-order valence-electron chi connectivity index (χ4n) is 0.895. The van der Waals surface area contributed by atoms with Crippen LogP contribution in [0.2, 0.25) is 0 Å². The number of rotatable bonds is 4. The fraction of sp³-hybridized carbons (Fsp3) is 0.818. The van der Waals surface area contributed by atoms with Crippen LogP contribution in [-0.2, 0) is 0 Å². The van der Waals surface area contributed by atoms with Crippen LogP contribution < -0.4 is 0 Å². The normalized spacial score (nSPS) is 14.8. The third kappa shape index (κ3) is 5.36. The summed E-state index contributed by atoms with van der Waals surface area (Å²) in [6.45, 7) is 13.9. The number of hydrogen-bond acceptors (Lipinski definition) is 1. The quantitative estimate of drug-likeness (QED) is 0.585. The molecule has 0 aliphatic heterocycles. The molecule has 0 aromatic rings. The Morgan fingerprint density at radius 1 is 1.42 bits per heavy atom. The maximum absolute atomic E-state index is 3.78. The Kier molecular flexibility index (Phi) is 4.54. The summed E-state index contributed by atoms with van der Waals surface area (Å²) in [5, 5.41) is 0. The summed E-state index contributed by atoms with van der Waals surface area (Å²) in [4.78, 5) is 2.33. The molecule has 12 heavy (non-hydrogen) atoms. The van der Waals surface area contributed by atoms with Crippen LogP contribution in [0.25, 0.3) is 0 Å². The average Bonchev–Trinajstić information content (AvgIpc) is 1.97. The lowest BCUT2D eigenvalue weighted by atomic mass is 9.92. The van der Waals surface area contributed by atoms with Gasteiger partial charge in [-0.05, 0) is 32.4 Å². The van der Waals surface area contributed by atoms with E-state index >= 15 is 0 Å². The van der Waals surface area contributed by atoms with Crippen molar-refractivity contribution in [1.82, 2.24) is 4.90 Å². The molecule has 72 valence electrons. The molecule has 0 heterocycles. The van der Waals surface area contributed by atoms with Crippen LogP contribution in [0.3, 0.4) is 0 Å². The third-order valence-corrected chi connectivity index (χ3v) is 2.25. The highest BCUT2D eigenvalue weighted by molar-refractivity contribution is 4.82. The van der Waals surface area contributed by atoms with E-state index in [-0.39, 0.29) is 0 Å². The molecule has 0 amide bonds. The first-order chi connectivity index (χ1) is 5.37. The molecule has 0 N–H and O–H groups in total. The van der Waals surface area contributed by atoms with Crippen molar-refractivity contribution in [2.24, 2.45) is 5.41 Å². The highest BCUT2D eigenvalue weighted by Crippen LogP contribution is 2.18. The van der Waals surface area contributed by atoms with Crippen LogP contribution in [0, 0.1) is 5.41 Å². The summed E-state index contributed by atoms with van der Waals surface area (Å²) in [7, 11) is 2.15. The molecule has 0 saturated carbocycles. The van der Waals surface area contributed by atoms with Gasteiger partial charge in [0.15, 0.2) is 0 Å². The van der Waals surface area contributed by atoms with Crippen molar-refractivity contribution in [3.05, 3.63) is 12.7 Å². The molecule has 0 rings (SSSR count). The smallest absolute Gasteiger partial charge is 0.0244 e. The summed E-state index contributed by atoms with van der Waals surface area (Å²) in [5.41, 5.74) is 0.440. The molecule has 0 fully saturated rings. The lowest BCUT2D eigenvalue weighted by molar-refractivity contribution is 0.242. The molecule has 1 nitrogen and oxygen atoms in total. The maximum Gasteiger partial charge on any atom is 0.0244 e. The predicted molar refractivity (Wildman–Crippen MR) is 56.4 cm³/mol. The maximum atomic E-state index is 3.78. The molecule has 1 heteroatoms. The number of nitrogens with zero attached hydrogens (tertiary/aromatic N) is 1. The minimum Gasteiger partial charge on any atom is -0.300 e. The van der Waals surface area contributed by atoms with E-state index in [1.807, 2.05) is 6.08 Å². The Labute approximate surface area is 77.5 Å². The molecular weight excluding hydrogens is 146 g/mol. The van der Waals surface area contributed by atoms with Gasteiger partial charge in [0.2, 0.25) is 0 Å². The van der Waals surface area contributed by atoms with Gasteiger partial charge in [-0.3, -0.25) is 0 Å². The largest absolute Gasteiger partial charge is 0.300 e. The second kappa shape index (κ2) is 4.66. The van der Waals surface area contributed by atoms with Crippen molar-refractivity contribution in [2.45, 2.75) is 40.2 Å². The van der Waals surface area contributed by atoms with Gasteiger partial charge in [-0.2, -0.15) is 0 Å². The minimum absolute atomic E-state index is 0.440. The summed E-state index contributed by atoms with van der Waals surface area (Å²) in [6.07, 6.45) is 3.23. The highest BCUT2D eigenvalue weighted by atomic mass is 15.1. The van der Waals surface area contributed by atoms with E-state index in [0.29, 0.717) is 11.5 Å². The molecule has 0 saturated heterocycles. The van der Waals surface area contributed by atoms with Gasteiger partial charge in [0.1, 0.15) is 0 Å². The predicted octanol–water partition coefficient (Wildman–Crippen LogP) is 2.93. The number of likely N-dealkylation sites (N-methyl/N-ethyl adjacent to an activating group) is 1. The van der Waals surface area contributed by atoms with Crippen LogP contribution >= 0.6 is 0 Å². The molecule has 0 spiro atoms. The second-order valence-corrected chi connectivity index (χ2v) is 4.77. The van der Waals surface area contributed by atoms with Gasteiger partial charge in [-0.15, -0.1) is 6.58 Å². The van der Waals surface area contributed by atoms with Gasteiger partial charge in [-0.1, -0.05) is 26.8 Å². The Morgan fingerprint density at radius 2 is 1.92 bits per heavy atom. The summed E-state index contributed by atoms with van der Waals surface area (Å²) < 4.78 is 0. The van der Waals surface area contributed by atoms with E-state index in [1.54, 1.807) is 0 Å². The molecule has 0 bridgehead atoms. The van der Waals surface area contributed by atoms with Crippen molar-refractivity contribution < 1.29 is 0 Å². The Balaban J connectivity index is 3.71. The first-order valence-electron chi connectivity index (χ1n) is 4.69. The van der Waals surface area contributed by atoms with Gasteiger partial charge in [0, 0.05) is 6.04 Å².